The van der Waals surface area contributed by atoms with Crippen LogP contribution in [0.4, 0.5) is 20.3 Å². The average Bonchev–Trinajstić information content (AvgIpc) is 2.73. The van der Waals surface area contributed by atoms with E-state index in [-0.39, 0.29) is 5.82 Å². The normalized spacial score (nSPS) is 14.1. The highest BCUT2D eigenvalue weighted by molar-refractivity contribution is 6.04. The molecule has 29 heavy (non-hydrogen) atoms. The Bertz CT molecular complexity index is 1050. The molecule has 1 aliphatic heterocycles. The van der Waals surface area contributed by atoms with Crippen molar-refractivity contribution < 1.29 is 18.3 Å². The highest BCUT2D eigenvalue weighted by atomic mass is 19.1. The number of ether oxygens (including phenoxy) is 1. The predicted octanol–water partition coefficient (Wildman–Crippen LogP) is 2.58. The molecule has 1 saturated heterocycles. The van der Waals surface area contributed by atoms with Crippen molar-refractivity contribution in [3.63, 3.8) is 0 Å². The molecule has 150 valence electrons. The van der Waals surface area contributed by atoms with Gasteiger partial charge in [-0.05, 0) is 24.3 Å². The Labute approximate surface area is 165 Å². The second-order valence-electron chi connectivity index (χ2n) is 6.56. The van der Waals surface area contributed by atoms with E-state index in [4.69, 9.17) is 4.74 Å². The summed E-state index contributed by atoms with van der Waals surface area (Å²) in [5.74, 6) is -2.25. The van der Waals surface area contributed by atoms with Crippen molar-refractivity contribution in [1.29, 1.82) is 0 Å². The molecule has 0 atom stereocenters. The van der Waals surface area contributed by atoms with E-state index in [1.54, 1.807) is 18.2 Å². The smallest absolute Gasteiger partial charge is 0.262 e. The second-order valence-corrected chi connectivity index (χ2v) is 6.56. The third-order valence-electron chi connectivity index (χ3n) is 4.73. The van der Waals surface area contributed by atoms with Gasteiger partial charge in [0.15, 0.2) is 5.82 Å². The van der Waals surface area contributed by atoms with Crippen molar-refractivity contribution in [2.45, 2.75) is 0 Å². The molecule has 7 nitrogen and oxygen atoms in total. The molecule has 0 spiro atoms. The van der Waals surface area contributed by atoms with E-state index in [9.17, 15) is 13.6 Å². The van der Waals surface area contributed by atoms with Crippen LogP contribution >= 0.6 is 0 Å². The first-order chi connectivity index (χ1) is 14.1. The van der Waals surface area contributed by atoms with Crippen LogP contribution in [0.15, 0.2) is 36.5 Å². The SMILES string of the molecule is COc1cccc2ncc(NC(=O)c3c(F)cc(N4CCNCC4)cc3F)nc12. The number of amides is 1. The minimum atomic E-state index is -0.935. The van der Waals surface area contributed by atoms with E-state index in [1.165, 1.54) is 25.4 Å². The molecule has 2 aromatic carbocycles. The molecular formula is C20H19F2N5O2. The predicted molar refractivity (Wildman–Crippen MR) is 105 cm³/mol. The van der Waals surface area contributed by atoms with Crippen LogP contribution < -0.4 is 20.3 Å². The summed E-state index contributed by atoms with van der Waals surface area (Å²) in [6, 6.07) is 7.57. The second kappa shape index (κ2) is 7.96. The minimum absolute atomic E-state index is 0.0666. The fourth-order valence-electron chi connectivity index (χ4n) is 3.29. The molecule has 0 saturated carbocycles. The molecule has 1 aliphatic rings. The number of benzene rings is 2. The van der Waals surface area contributed by atoms with E-state index in [0.717, 1.165) is 13.1 Å². The van der Waals surface area contributed by atoms with Gasteiger partial charge < -0.3 is 20.3 Å². The number of anilines is 2. The van der Waals surface area contributed by atoms with Crippen LogP contribution in [0.2, 0.25) is 0 Å². The molecule has 1 fully saturated rings. The van der Waals surface area contributed by atoms with E-state index in [0.29, 0.717) is 35.6 Å². The Hall–Kier alpha value is -3.33. The van der Waals surface area contributed by atoms with Gasteiger partial charge in [-0.15, -0.1) is 0 Å². The van der Waals surface area contributed by atoms with Gasteiger partial charge in [-0.25, -0.2) is 13.8 Å². The van der Waals surface area contributed by atoms with E-state index < -0.39 is 23.1 Å². The highest BCUT2D eigenvalue weighted by Gasteiger charge is 2.22. The van der Waals surface area contributed by atoms with Crippen molar-refractivity contribution in [3.05, 3.63) is 53.7 Å². The van der Waals surface area contributed by atoms with Gasteiger partial charge in [0.05, 0.1) is 18.8 Å². The number of methoxy groups -OCH3 is 1. The molecule has 2 N–H and O–H groups in total. The van der Waals surface area contributed by atoms with Crippen molar-refractivity contribution in [2.24, 2.45) is 0 Å². The topological polar surface area (TPSA) is 79.4 Å². The third kappa shape index (κ3) is 3.81. The van der Waals surface area contributed by atoms with Crippen molar-refractivity contribution in [1.82, 2.24) is 15.3 Å². The van der Waals surface area contributed by atoms with Crippen molar-refractivity contribution in [2.75, 3.05) is 43.5 Å². The number of nitrogens with zero attached hydrogens (tertiary/aromatic N) is 3. The Kier molecular flexibility index (Phi) is 5.22. The van der Waals surface area contributed by atoms with Gasteiger partial charge in [-0.3, -0.25) is 9.78 Å². The number of rotatable bonds is 4. The van der Waals surface area contributed by atoms with E-state index in [1.807, 2.05) is 4.90 Å². The molecule has 3 aromatic rings. The Morgan fingerprint density at radius 1 is 1.21 bits per heavy atom. The average molecular weight is 399 g/mol. The van der Waals surface area contributed by atoms with Crippen LogP contribution in [-0.4, -0.2) is 49.2 Å². The number of nitrogens with one attached hydrogen (secondary N) is 2. The zero-order valence-electron chi connectivity index (χ0n) is 15.7. The molecule has 9 heteroatoms. The fourth-order valence-corrected chi connectivity index (χ4v) is 3.29. The lowest BCUT2D eigenvalue weighted by Gasteiger charge is -2.29. The van der Waals surface area contributed by atoms with Crippen molar-refractivity contribution in [3.8, 4) is 5.75 Å². The number of aromatic nitrogens is 2. The van der Waals surface area contributed by atoms with Crippen LogP contribution in [0, 0.1) is 11.6 Å². The molecule has 0 radical (unpaired) electrons. The zero-order valence-corrected chi connectivity index (χ0v) is 15.7. The lowest BCUT2D eigenvalue weighted by atomic mass is 10.1. The van der Waals surface area contributed by atoms with Crippen LogP contribution in [0.25, 0.3) is 11.0 Å². The van der Waals surface area contributed by atoms with Crippen LogP contribution in [0.5, 0.6) is 5.75 Å². The van der Waals surface area contributed by atoms with Gasteiger partial charge in [0, 0.05) is 31.9 Å². The maximum absolute atomic E-state index is 14.6. The summed E-state index contributed by atoms with van der Waals surface area (Å²) < 4.78 is 34.4. The minimum Gasteiger partial charge on any atom is -0.494 e. The molecular weight excluding hydrogens is 380 g/mol. The van der Waals surface area contributed by atoms with E-state index in [2.05, 4.69) is 20.6 Å². The summed E-state index contributed by atoms with van der Waals surface area (Å²) in [5.41, 5.74) is 0.752. The number of carbonyl (C=O) groups excluding carboxylic acids is 1. The monoisotopic (exact) mass is 399 g/mol. The Balaban J connectivity index is 1.60. The zero-order chi connectivity index (χ0) is 20.4. The Morgan fingerprint density at radius 2 is 1.93 bits per heavy atom. The van der Waals surface area contributed by atoms with Gasteiger partial charge in [0.1, 0.15) is 28.5 Å². The van der Waals surface area contributed by atoms with Gasteiger partial charge in [-0.2, -0.15) is 0 Å². The standard InChI is InChI=1S/C20H19F2N5O2/c1-29-16-4-2-3-15-19(16)25-17(11-24-15)26-20(28)18-13(21)9-12(10-14(18)22)27-7-5-23-6-8-27/h2-4,9-11,23H,5-8H2,1H3,(H,25,26,28). The van der Waals surface area contributed by atoms with Gasteiger partial charge in [-0.1, -0.05) is 6.07 Å². The number of para-hydroxylation sites is 1. The first-order valence-corrected chi connectivity index (χ1v) is 9.12. The number of fused-ring (bicyclic) bond motifs is 1. The van der Waals surface area contributed by atoms with Crippen LogP contribution in [0.1, 0.15) is 10.4 Å². The molecule has 2 heterocycles. The molecule has 1 aromatic heterocycles. The van der Waals surface area contributed by atoms with Gasteiger partial charge >= 0.3 is 0 Å². The lowest BCUT2D eigenvalue weighted by molar-refractivity contribution is 0.101. The van der Waals surface area contributed by atoms with E-state index >= 15 is 0 Å². The molecule has 1 amide bonds. The van der Waals surface area contributed by atoms with Crippen LogP contribution in [-0.2, 0) is 0 Å². The molecule has 0 bridgehead atoms. The number of halogens is 2. The first kappa shape index (κ1) is 19.0. The van der Waals surface area contributed by atoms with Crippen molar-refractivity contribution >= 4 is 28.4 Å². The quantitative estimate of drug-likeness (QED) is 0.702. The number of piperazine rings is 1. The number of hydrogen-bond acceptors (Lipinski definition) is 6. The summed E-state index contributed by atoms with van der Waals surface area (Å²) in [6.07, 6.45) is 1.32. The summed E-state index contributed by atoms with van der Waals surface area (Å²) in [7, 11) is 1.49. The van der Waals surface area contributed by atoms with Crippen LogP contribution in [0.3, 0.4) is 0 Å². The van der Waals surface area contributed by atoms with Gasteiger partial charge in [0.2, 0.25) is 0 Å². The summed E-state index contributed by atoms with van der Waals surface area (Å²) in [4.78, 5) is 22.9. The summed E-state index contributed by atoms with van der Waals surface area (Å²) in [6.45, 7) is 2.74. The maximum Gasteiger partial charge on any atom is 0.262 e. The lowest BCUT2D eigenvalue weighted by Crippen LogP contribution is -2.43. The number of hydrogen-bond donors (Lipinski definition) is 2. The first-order valence-electron chi connectivity index (χ1n) is 9.12. The summed E-state index contributed by atoms with van der Waals surface area (Å²) >= 11 is 0. The summed E-state index contributed by atoms with van der Waals surface area (Å²) in [5, 5.41) is 5.59. The maximum atomic E-state index is 14.6. The fraction of sp³-hybridized carbons (Fsp3) is 0.250. The van der Waals surface area contributed by atoms with Gasteiger partial charge in [0.25, 0.3) is 5.91 Å². The Morgan fingerprint density at radius 3 is 2.62 bits per heavy atom. The number of carbonyl (C=O) groups is 1. The third-order valence-corrected chi connectivity index (χ3v) is 4.73. The largest absolute Gasteiger partial charge is 0.494 e. The molecule has 0 aliphatic carbocycles. The molecule has 4 rings (SSSR count). The molecule has 0 unspecified atom stereocenters. The highest BCUT2D eigenvalue weighted by Crippen LogP contribution is 2.25.